The minimum atomic E-state index is -0.0330. The Bertz CT molecular complexity index is 654. The van der Waals surface area contributed by atoms with Gasteiger partial charge in [-0.3, -0.25) is 4.79 Å². The lowest BCUT2D eigenvalue weighted by atomic mass is 10.0. The summed E-state index contributed by atoms with van der Waals surface area (Å²) in [4.78, 5) is 12.1. The van der Waals surface area contributed by atoms with Gasteiger partial charge < -0.3 is 10.3 Å². The normalized spacial score (nSPS) is 12.9. The SMILES string of the molecule is Cc1cc(C)c2c(c1)c(C)cc(=O)n2CC(C)N. The van der Waals surface area contributed by atoms with Crippen molar-refractivity contribution in [2.75, 3.05) is 0 Å². The summed E-state index contributed by atoms with van der Waals surface area (Å²) in [6, 6.07) is 5.91. The maximum atomic E-state index is 12.1. The van der Waals surface area contributed by atoms with Crippen molar-refractivity contribution >= 4 is 10.9 Å². The zero-order valence-electron chi connectivity index (χ0n) is 11.4. The smallest absolute Gasteiger partial charge is 0.251 e. The van der Waals surface area contributed by atoms with Crippen molar-refractivity contribution < 1.29 is 0 Å². The van der Waals surface area contributed by atoms with Gasteiger partial charge in [0, 0.05) is 24.0 Å². The highest BCUT2D eigenvalue weighted by Gasteiger charge is 2.10. The number of nitrogens with zero attached hydrogens (tertiary/aromatic N) is 1. The first kappa shape index (κ1) is 12.8. The maximum absolute atomic E-state index is 12.1. The van der Waals surface area contributed by atoms with Crippen LogP contribution >= 0.6 is 0 Å². The Morgan fingerprint density at radius 3 is 2.44 bits per heavy atom. The van der Waals surface area contributed by atoms with Crippen LogP contribution in [0.25, 0.3) is 10.9 Å². The van der Waals surface area contributed by atoms with E-state index in [1.807, 2.05) is 20.8 Å². The third-order valence-electron chi connectivity index (χ3n) is 3.22. The molecule has 0 amide bonds. The Balaban J connectivity index is 2.89. The molecule has 18 heavy (non-hydrogen) atoms. The summed E-state index contributed by atoms with van der Waals surface area (Å²) in [5.74, 6) is 0. The van der Waals surface area contributed by atoms with Gasteiger partial charge in [-0.1, -0.05) is 11.6 Å². The van der Waals surface area contributed by atoms with Crippen LogP contribution in [-0.4, -0.2) is 10.6 Å². The van der Waals surface area contributed by atoms with Crippen molar-refractivity contribution in [1.82, 2.24) is 4.57 Å². The van der Waals surface area contributed by atoms with Gasteiger partial charge in [-0.05, 0) is 44.9 Å². The van der Waals surface area contributed by atoms with Gasteiger partial charge in [0.15, 0.2) is 0 Å². The maximum Gasteiger partial charge on any atom is 0.251 e. The van der Waals surface area contributed by atoms with E-state index in [9.17, 15) is 4.79 Å². The summed E-state index contributed by atoms with van der Waals surface area (Å²) in [6.07, 6.45) is 0. The molecule has 0 aliphatic carbocycles. The summed E-state index contributed by atoms with van der Waals surface area (Å²) >= 11 is 0. The molecule has 96 valence electrons. The molecule has 1 aromatic heterocycles. The van der Waals surface area contributed by atoms with Crippen LogP contribution in [0.15, 0.2) is 23.0 Å². The average molecular weight is 244 g/mol. The van der Waals surface area contributed by atoms with Crippen LogP contribution in [0.5, 0.6) is 0 Å². The van der Waals surface area contributed by atoms with Crippen LogP contribution < -0.4 is 11.3 Å². The molecule has 3 nitrogen and oxygen atoms in total. The lowest BCUT2D eigenvalue weighted by Gasteiger charge is -2.16. The fourth-order valence-corrected chi connectivity index (χ4v) is 2.54. The van der Waals surface area contributed by atoms with Crippen molar-refractivity contribution in [2.24, 2.45) is 5.73 Å². The number of hydrogen-bond donors (Lipinski definition) is 1. The van der Waals surface area contributed by atoms with Crippen molar-refractivity contribution in [3.63, 3.8) is 0 Å². The van der Waals surface area contributed by atoms with E-state index >= 15 is 0 Å². The van der Waals surface area contributed by atoms with Gasteiger partial charge in [-0.25, -0.2) is 0 Å². The molecule has 0 saturated carbocycles. The molecule has 0 spiro atoms. The monoisotopic (exact) mass is 244 g/mol. The molecule has 0 aliphatic heterocycles. The van der Waals surface area contributed by atoms with Gasteiger partial charge in [-0.2, -0.15) is 0 Å². The highest BCUT2D eigenvalue weighted by Crippen LogP contribution is 2.22. The Morgan fingerprint density at radius 1 is 1.17 bits per heavy atom. The first-order chi connectivity index (χ1) is 8.40. The van der Waals surface area contributed by atoms with E-state index in [-0.39, 0.29) is 11.6 Å². The highest BCUT2D eigenvalue weighted by molar-refractivity contribution is 5.86. The van der Waals surface area contributed by atoms with Crippen LogP contribution in [0, 0.1) is 20.8 Å². The molecule has 2 rings (SSSR count). The third kappa shape index (κ3) is 2.18. The lowest BCUT2D eigenvalue weighted by Crippen LogP contribution is -2.30. The molecule has 0 bridgehead atoms. The van der Waals surface area contributed by atoms with Crippen LogP contribution in [0.1, 0.15) is 23.6 Å². The van der Waals surface area contributed by atoms with Crippen LogP contribution in [0.2, 0.25) is 0 Å². The minimum absolute atomic E-state index is 0.0317. The van der Waals surface area contributed by atoms with Crippen LogP contribution in [-0.2, 0) is 6.54 Å². The van der Waals surface area contributed by atoms with Gasteiger partial charge in [0.25, 0.3) is 5.56 Å². The molecule has 2 aromatic rings. The molecule has 0 radical (unpaired) electrons. The summed E-state index contributed by atoms with van der Waals surface area (Å²) in [7, 11) is 0. The highest BCUT2D eigenvalue weighted by atomic mass is 16.1. The van der Waals surface area contributed by atoms with E-state index in [1.54, 1.807) is 10.6 Å². The van der Waals surface area contributed by atoms with Crippen molar-refractivity contribution in [3.8, 4) is 0 Å². The van der Waals surface area contributed by atoms with Crippen molar-refractivity contribution in [3.05, 3.63) is 45.2 Å². The molecule has 3 heteroatoms. The number of rotatable bonds is 2. The number of benzene rings is 1. The number of aromatic nitrogens is 1. The number of hydrogen-bond acceptors (Lipinski definition) is 2. The molecule has 0 fully saturated rings. The van der Waals surface area contributed by atoms with E-state index in [4.69, 9.17) is 5.73 Å². The zero-order valence-corrected chi connectivity index (χ0v) is 11.4. The second kappa shape index (κ2) is 4.58. The first-order valence-corrected chi connectivity index (χ1v) is 6.27. The molecule has 2 N–H and O–H groups in total. The molecule has 1 unspecified atom stereocenters. The molecule has 0 saturated heterocycles. The Hall–Kier alpha value is -1.61. The predicted octanol–water partition coefficient (Wildman–Crippen LogP) is 2.27. The van der Waals surface area contributed by atoms with E-state index in [0.717, 1.165) is 22.0 Å². The lowest BCUT2D eigenvalue weighted by molar-refractivity contribution is 0.589. The molecule has 1 aromatic carbocycles. The largest absolute Gasteiger partial charge is 0.326 e. The third-order valence-corrected chi connectivity index (χ3v) is 3.22. The minimum Gasteiger partial charge on any atom is -0.326 e. The Morgan fingerprint density at radius 2 is 1.83 bits per heavy atom. The molecule has 0 aliphatic rings. The number of aryl methyl sites for hydroxylation is 3. The van der Waals surface area contributed by atoms with E-state index in [0.29, 0.717) is 6.54 Å². The predicted molar refractivity (Wildman–Crippen MR) is 76.1 cm³/mol. The van der Waals surface area contributed by atoms with E-state index in [1.165, 1.54) is 5.56 Å². The second-order valence-electron chi connectivity index (χ2n) is 5.23. The fraction of sp³-hybridized carbons (Fsp3) is 0.400. The zero-order chi connectivity index (χ0) is 13.4. The number of fused-ring (bicyclic) bond motifs is 1. The van der Waals surface area contributed by atoms with Gasteiger partial charge in [0.05, 0.1) is 5.52 Å². The number of nitrogens with two attached hydrogens (primary N) is 1. The van der Waals surface area contributed by atoms with Crippen LogP contribution in [0.4, 0.5) is 0 Å². The molecular formula is C15H20N2O. The Labute approximate surface area is 107 Å². The van der Waals surface area contributed by atoms with Gasteiger partial charge in [-0.15, -0.1) is 0 Å². The van der Waals surface area contributed by atoms with Gasteiger partial charge in [0.2, 0.25) is 0 Å². The Kier molecular flexibility index (Phi) is 3.26. The standard InChI is InChI=1S/C15H20N2O/c1-9-5-11(3)15-13(6-9)10(2)7-14(18)17(15)8-12(4)16/h5-7,12H,8,16H2,1-4H3. The summed E-state index contributed by atoms with van der Waals surface area (Å²) in [5, 5.41) is 1.15. The molecule has 1 atom stereocenters. The quantitative estimate of drug-likeness (QED) is 0.881. The van der Waals surface area contributed by atoms with E-state index < -0.39 is 0 Å². The number of pyridine rings is 1. The van der Waals surface area contributed by atoms with E-state index in [2.05, 4.69) is 19.1 Å². The molecular weight excluding hydrogens is 224 g/mol. The summed E-state index contributed by atoms with van der Waals surface area (Å²) in [6.45, 7) is 8.58. The fourth-order valence-electron chi connectivity index (χ4n) is 2.54. The van der Waals surface area contributed by atoms with Crippen LogP contribution in [0.3, 0.4) is 0 Å². The summed E-state index contributed by atoms with van der Waals surface area (Å²) < 4.78 is 1.79. The topological polar surface area (TPSA) is 48.0 Å². The summed E-state index contributed by atoms with van der Waals surface area (Å²) in [5.41, 5.74) is 10.3. The second-order valence-corrected chi connectivity index (χ2v) is 5.23. The van der Waals surface area contributed by atoms with Gasteiger partial charge in [0.1, 0.15) is 0 Å². The average Bonchev–Trinajstić information content (AvgIpc) is 2.23. The molecule has 1 heterocycles. The van der Waals surface area contributed by atoms with Gasteiger partial charge >= 0.3 is 0 Å². The van der Waals surface area contributed by atoms with Crippen molar-refractivity contribution in [2.45, 2.75) is 40.3 Å². The first-order valence-electron chi connectivity index (χ1n) is 6.27. The van der Waals surface area contributed by atoms with Crippen molar-refractivity contribution in [1.29, 1.82) is 0 Å².